The summed E-state index contributed by atoms with van der Waals surface area (Å²) in [6.07, 6.45) is 2.67. The molecule has 0 atom stereocenters. The molecule has 17 heavy (non-hydrogen) atoms. The van der Waals surface area contributed by atoms with E-state index in [1.165, 1.54) is 5.69 Å². The van der Waals surface area contributed by atoms with E-state index >= 15 is 0 Å². The molecule has 2 heterocycles. The van der Waals surface area contributed by atoms with E-state index in [1.807, 2.05) is 18.8 Å². The number of hydrogen-bond acceptors (Lipinski definition) is 4. The Morgan fingerprint density at radius 1 is 1.24 bits per heavy atom. The van der Waals surface area contributed by atoms with Gasteiger partial charge in [0.25, 0.3) is 0 Å². The predicted molar refractivity (Wildman–Crippen MR) is 64.1 cm³/mol. The molecule has 0 aliphatic carbocycles. The fourth-order valence-corrected chi connectivity index (χ4v) is 1.68. The van der Waals surface area contributed by atoms with Crippen molar-refractivity contribution in [3.8, 4) is 0 Å². The van der Waals surface area contributed by atoms with E-state index in [0.29, 0.717) is 6.54 Å². The molecule has 0 spiro atoms. The van der Waals surface area contributed by atoms with E-state index in [2.05, 4.69) is 33.5 Å². The van der Waals surface area contributed by atoms with Crippen molar-refractivity contribution in [2.75, 3.05) is 0 Å². The lowest BCUT2D eigenvalue weighted by atomic mass is 10.3. The van der Waals surface area contributed by atoms with Crippen molar-refractivity contribution in [1.82, 2.24) is 29.9 Å². The highest BCUT2D eigenvalue weighted by Gasteiger charge is 2.04. The normalized spacial score (nSPS) is 11.0. The van der Waals surface area contributed by atoms with Crippen LogP contribution >= 0.6 is 0 Å². The van der Waals surface area contributed by atoms with Crippen molar-refractivity contribution < 1.29 is 0 Å². The minimum Gasteiger partial charge on any atom is -0.304 e. The van der Waals surface area contributed by atoms with Gasteiger partial charge in [0.05, 0.1) is 17.9 Å². The van der Waals surface area contributed by atoms with Crippen molar-refractivity contribution in [2.45, 2.75) is 26.4 Å². The molecule has 6 heteroatoms. The second-order valence-electron chi connectivity index (χ2n) is 4.04. The smallest absolute Gasteiger partial charge is 0.164 e. The lowest BCUT2D eigenvalue weighted by Gasteiger charge is -2.02. The molecule has 2 aromatic rings. The summed E-state index contributed by atoms with van der Waals surface area (Å²) in [7, 11) is 3.83. The third-order valence-corrected chi connectivity index (χ3v) is 2.63. The zero-order chi connectivity index (χ0) is 12.3. The quantitative estimate of drug-likeness (QED) is 0.813. The fourth-order valence-electron chi connectivity index (χ4n) is 1.68. The van der Waals surface area contributed by atoms with Gasteiger partial charge in [-0.05, 0) is 12.5 Å². The number of hydrogen-bond donors (Lipinski definition) is 1. The summed E-state index contributed by atoms with van der Waals surface area (Å²) in [5.41, 5.74) is 2.30. The first-order chi connectivity index (χ1) is 8.19. The van der Waals surface area contributed by atoms with Gasteiger partial charge in [-0.15, -0.1) is 0 Å². The maximum atomic E-state index is 4.40. The SMILES string of the molecule is CCc1cc(CNCc2ncn(C)n2)n(C)n1. The molecule has 0 saturated heterocycles. The molecule has 1 N–H and O–H groups in total. The van der Waals surface area contributed by atoms with Crippen molar-refractivity contribution in [3.05, 3.63) is 29.6 Å². The van der Waals surface area contributed by atoms with Gasteiger partial charge in [-0.3, -0.25) is 9.36 Å². The van der Waals surface area contributed by atoms with Crippen LogP contribution in [0.1, 0.15) is 24.1 Å². The molecule has 2 aromatic heterocycles. The first-order valence-corrected chi connectivity index (χ1v) is 5.76. The van der Waals surface area contributed by atoms with Gasteiger partial charge in [-0.1, -0.05) is 6.92 Å². The van der Waals surface area contributed by atoms with Gasteiger partial charge in [0.2, 0.25) is 0 Å². The highest BCUT2D eigenvalue weighted by atomic mass is 15.3. The topological polar surface area (TPSA) is 60.6 Å². The molecule has 0 saturated carbocycles. The van der Waals surface area contributed by atoms with Crippen LogP contribution in [-0.2, 0) is 33.6 Å². The molecule has 92 valence electrons. The molecule has 6 nitrogen and oxygen atoms in total. The van der Waals surface area contributed by atoms with Crippen LogP contribution in [0.25, 0.3) is 0 Å². The molecule has 0 fully saturated rings. The van der Waals surface area contributed by atoms with Crippen molar-refractivity contribution in [2.24, 2.45) is 14.1 Å². The van der Waals surface area contributed by atoms with Gasteiger partial charge in [0.1, 0.15) is 6.33 Å². The van der Waals surface area contributed by atoms with Gasteiger partial charge in [0, 0.05) is 20.6 Å². The maximum absolute atomic E-state index is 4.40. The molecule has 0 aliphatic rings. The molecular weight excluding hydrogens is 216 g/mol. The van der Waals surface area contributed by atoms with E-state index in [9.17, 15) is 0 Å². The number of rotatable bonds is 5. The Labute approximate surface area is 101 Å². The van der Waals surface area contributed by atoms with Crippen LogP contribution in [0.4, 0.5) is 0 Å². The number of aryl methyl sites for hydroxylation is 3. The largest absolute Gasteiger partial charge is 0.304 e. The van der Waals surface area contributed by atoms with Crippen molar-refractivity contribution >= 4 is 0 Å². The summed E-state index contributed by atoms with van der Waals surface area (Å²) in [5, 5.41) is 11.9. The molecule has 0 aliphatic heterocycles. The van der Waals surface area contributed by atoms with E-state index in [1.54, 1.807) is 11.0 Å². The van der Waals surface area contributed by atoms with Crippen LogP contribution in [0.5, 0.6) is 0 Å². The molecule has 2 rings (SSSR count). The second kappa shape index (κ2) is 5.09. The van der Waals surface area contributed by atoms with Gasteiger partial charge in [-0.2, -0.15) is 10.2 Å². The van der Waals surface area contributed by atoms with Crippen LogP contribution in [0.3, 0.4) is 0 Å². The lowest BCUT2D eigenvalue weighted by molar-refractivity contribution is 0.605. The number of nitrogens with zero attached hydrogens (tertiary/aromatic N) is 5. The Balaban J connectivity index is 1.87. The first-order valence-electron chi connectivity index (χ1n) is 5.76. The summed E-state index contributed by atoms with van der Waals surface area (Å²) < 4.78 is 3.62. The van der Waals surface area contributed by atoms with Crippen molar-refractivity contribution in [1.29, 1.82) is 0 Å². The Morgan fingerprint density at radius 2 is 2.06 bits per heavy atom. The van der Waals surface area contributed by atoms with E-state index in [4.69, 9.17) is 0 Å². The lowest BCUT2D eigenvalue weighted by Crippen LogP contribution is -2.16. The summed E-state index contributed by atoms with van der Waals surface area (Å²) in [6.45, 7) is 3.56. The van der Waals surface area contributed by atoms with Crippen molar-refractivity contribution in [3.63, 3.8) is 0 Å². The highest BCUT2D eigenvalue weighted by molar-refractivity contribution is 5.09. The highest BCUT2D eigenvalue weighted by Crippen LogP contribution is 2.03. The van der Waals surface area contributed by atoms with Gasteiger partial charge < -0.3 is 5.32 Å². The molecule has 0 aromatic carbocycles. The zero-order valence-corrected chi connectivity index (χ0v) is 10.5. The molecule has 0 radical (unpaired) electrons. The van der Waals surface area contributed by atoms with Gasteiger partial charge in [0.15, 0.2) is 5.82 Å². The van der Waals surface area contributed by atoms with Crippen LogP contribution < -0.4 is 5.32 Å². The minimum absolute atomic E-state index is 0.674. The second-order valence-corrected chi connectivity index (χ2v) is 4.04. The van der Waals surface area contributed by atoms with E-state index in [0.717, 1.165) is 24.5 Å². The number of nitrogens with one attached hydrogen (secondary N) is 1. The standard InChI is InChI=1S/C11H18N6/c1-4-9-5-10(17(3)14-9)6-12-7-11-13-8-16(2)15-11/h5,8,12H,4,6-7H2,1-3H3. The van der Waals surface area contributed by atoms with E-state index < -0.39 is 0 Å². The van der Waals surface area contributed by atoms with Crippen LogP contribution in [-0.4, -0.2) is 24.5 Å². The summed E-state index contributed by atoms with van der Waals surface area (Å²) in [4.78, 5) is 4.16. The fraction of sp³-hybridized carbons (Fsp3) is 0.545. The Hall–Kier alpha value is -1.69. The third kappa shape index (κ3) is 2.91. The molecular formula is C11H18N6. The van der Waals surface area contributed by atoms with Crippen LogP contribution in [0.15, 0.2) is 12.4 Å². The Kier molecular flexibility index (Phi) is 3.53. The minimum atomic E-state index is 0.674. The molecule has 0 bridgehead atoms. The third-order valence-electron chi connectivity index (χ3n) is 2.63. The predicted octanol–water partition coefficient (Wildman–Crippen LogP) is 0.401. The maximum Gasteiger partial charge on any atom is 0.164 e. The monoisotopic (exact) mass is 234 g/mol. The Morgan fingerprint density at radius 3 is 2.65 bits per heavy atom. The average molecular weight is 234 g/mol. The van der Waals surface area contributed by atoms with Crippen LogP contribution in [0, 0.1) is 0 Å². The number of aromatic nitrogens is 5. The molecule has 0 unspecified atom stereocenters. The zero-order valence-electron chi connectivity index (χ0n) is 10.5. The summed E-state index contributed by atoms with van der Waals surface area (Å²) in [6, 6.07) is 2.12. The van der Waals surface area contributed by atoms with Gasteiger partial charge >= 0.3 is 0 Å². The van der Waals surface area contributed by atoms with E-state index in [-0.39, 0.29) is 0 Å². The Bertz CT molecular complexity index is 484. The first kappa shape index (κ1) is 11.8. The van der Waals surface area contributed by atoms with Gasteiger partial charge in [-0.25, -0.2) is 4.98 Å². The van der Waals surface area contributed by atoms with Crippen LogP contribution in [0.2, 0.25) is 0 Å². The summed E-state index contributed by atoms with van der Waals surface area (Å²) >= 11 is 0. The molecule has 0 amide bonds. The average Bonchev–Trinajstić information content (AvgIpc) is 2.86. The summed E-state index contributed by atoms with van der Waals surface area (Å²) in [5.74, 6) is 0.811.